The van der Waals surface area contributed by atoms with E-state index in [1.807, 2.05) is 24.3 Å². The Morgan fingerprint density at radius 1 is 1.17 bits per heavy atom. The summed E-state index contributed by atoms with van der Waals surface area (Å²) >= 11 is 0. The molecule has 0 atom stereocenters. The first kappa shape index (κ1) is 14.2. The van der Waals surface area contributed by atoms with Crippen molar-refractivity contribution in [2.24, 2.45) is 0 Å². The number of carboxylic acids is 1. The Labute approximate surface area is 137 Å². The zero-order valence-electron chi connectivity index (χ0n) is 12.9. The summed E-state index contributed by atoms with van der Waals surface area (Å²) in [6.07, 6.45) is 2.73. The number of rotatable bonds is 3. The number of aromatic carboxylic acids is 1. The number of aromatic nitrogens is 4. The maximum atomic E-state index is 11.0. The Morgan fingerprint density at radius 2 is 2.00 bits per heavy atom. The summed E-state index contributed by atoms with van der Waals surface area (Å²) in [5, 5.41) is 13.0. The van der Waals surface area contributed by atoms with Crippen LogP contribution < -0.4 is 0 Å². The first-order valence-corrected chi connectivity index (χ1v) is 7.45. The summed E-state index contributed by atoms with van der Waals surface area (Å²) in [6.45, 7) is 2.06. The minimum absolute atomic E-state index is 0.121. The molecular weight excluding hydrogens is 304 g/mol. The van der Waals surface area contributed by atoms with Crippen molar-refractivity contribution in [3.63, 3.8) is 0 Å². The first-order valence-electron chi connectivity index (χ1n) is 7.45. The zero-order chi connectivity index (χ0) is 16.7. The number of benzene rings is 2. The topological polar surface area (TPSA) is 83.8 Å². The lowest BCUT2D eigenvalue weighted by molar-refractivity contribution is 0.0697. The maximum Gasteiger partial charge on any atom is 0.338 e. The lowest BCUT2D eigenvalue weighted by Gasteiger charge is -2.02. The van der Waals surface area contributed by atoms with Crippen LogP contribution in [0.1, 0.15) is 15.9 Å². The minimum atomic E-state index is -1.01. The third-order valence-electron chi connectivity index (χ3n) is 3.87. The van der Waals surface area contributed by atoms with E-state index < -0.39 is 5.97 Å². The van der Waals surface area contributed by atoms with E-state index in [0.29, 0.717) is 5.95 Å². The Hall–Kier alpha value is -3.41. The first-order chi connectivity index (χ1) is 11.6. The summed E-state index contributed by atoms with van der Waals surface area (Å²) in [4.78, 5) is 18.6. The van der Waals surface area contributed by atoms with Crippen molar-refractivity contribution in [1.29, 1.82) is 0 Å². The third kappa shape index (κ3) is 2.44. The Balaban J connectivity index is 1.77. The predicted octanol–water partition coefficient (Wildman–Crippen LogP) is 3.42. The van der Waals surface area contributed by atoms with Gasteiger partial charge in [-0.3, -0.25) is 0 Å². The van der Waals surface area contributed by atoms with Gasteiger partial charge in [0, 0.05) is 6.20 Å². The van der Waals surface area contributed by atoms with Crippen LogP contribution in [0.5, 0.6) is 0 Å². The molecule has 0 aliphatic rings. The predicted molar refractivity (Wildman–Crippen MR) is 90.3 cm³/mol. The van der Waals surface area contributed by atoms with Crippen LogP contribution >= 0.6 is 0 Å². The van der Waals surface area contributed by atoms with Crippen molar-refractivity contribution in [2.75, 3.05) is 0 Å². The van der Waals surface area contributed by atoms with Crippen LogP contribution in [0.4, 0.5) is 0 Å². The van der Waals surface area contributed by atoms with Crippen LogP contribution in [0.25, 0.3) is 28.1 Å². The van der Waals surface area contributed by atoms with Crippen molar-refractivity contribution in [1.82, 2.24) is 19.7 Å². The molecule has 0 bridgehead atoms. The van der Waals surface area contributed by atoms with Gasteiger partial charge in [0.25, 0.3) is 0 Å². The molecule has 2 heterocycles. The van der Waals surface area contributed by atoms with Gasteiger partial charge in [-0.05, 0) is 30.2 Å². The molecule has 6 heteroatoms. The fraction of sp³-hybridized carbons (Fsp3) is 0.0556. The van der Waals surface area contributed by atoms with Gasteiger partial charge in [0.05, 0.1) is 22.8 Å². The number of hydrogen-bond acceptors (Lipinski definition) is 3. The van der Waals surface area contributed by atoms with E-state index in [2.05, 4.69) is 40.2 Å². The van der Waals surface area contributed by atoms with Crippen LogP contribution in [0.2, 0.25) is 0 Å². The highest BCUT2D eigenvalue weighted by Gasteiger charge is 2.11. The van der Waals surface area contributed by atoms with Gasteiger partial charge in [0.15, 0.2) is 0 Å². The van der Waals surface area contributed by atoms with Gasteiger partial charge in [0.1, 0.15) is 0 Å². The van der Waals surface area contributed by atoms with E-state index in [9.17, 15) is 4.79 Å². The molecule has 2 aromatic heterocycles. The molecule has 0 aliphatic heterocycles. The number of carboxylic acid groups (broad SMARTS) is 1. The Bertz CT molecular complexity index is 1060. The molecule has 2 aromatic carbocycles. The molecule has 0 unspecified atom stereocenters. The molecule has 2 N–H and O–H groups in total. The summed E-state index contributed by atoms with van der Waals surface area (Å²) in [6, 6.07) is 14.3. The molecule has 0 amide bonds. The molecule has 0 fully saturated rings. The zero-order valence-corrected chi connectivity index (χ0v) is 12.9. The third-order valence-corrected chi connectivity index (χ3v) is 3.87. The van der Waals surface area contributed by atoms with E-state index in [0.717, 1.165) is 22.2 Å². The van der Waals surface area contributed by atoms with Crippen LogP contribution in [0, 0.1) is 6.92 Å². The van der Waals surface area contributed by atoms with Crippen LogP contribution in [-0.4, -0.2) is 30.8 Å². The summed E-state index contributed by atoms with van der Waals surface area (Å²) in [5.74, 6) is -0.530. The van der Waals surface area contributed by atoms with Gasteiger partial charge < -0.3 is 10.1 Å². The molecule has 24 heavy (non-hydrogen) atoms. The van der Waals surface area contributed by atoms with Crippen LogP contribution in [0.3, 0.4) is 0 Å². The largest absolute Gasteiger partial charge is 0.478 e. The number of fused-ring (bicyclic) bond motifs is 1. The number of imidazole rings is 1. The highest BCUT2D eigenvalue weighted by atomic mass is 16.4. The van der Waals surface area contributed by atoms with E-state index in [1.165, 1.54) is 22.6 Å². The fourth-order valence-corrected chi connectivity index (χ4v) is 2.66. The highest BCUT2D eigenvalue weighted by Crippen LogP contribution is 2.24. The van der Waals surface area contributed by atoms with E-state index in [4.69, 9.17) is 5.11 Å². The molecule has 4 aromatic rings. The summed E-state index contributed by atoms with van der Waals surface area (Å²) < 4.78 is 1.43. The van der Waals surface area contributed by atoms with Crippen molar-refractivity contribution in [2.45, 2.75) is 6.92 Å². The normalized spacial score (nSPS) is 11.0. The summed E-state index contributed by atoms with van der Waals surface area (Å²) in [5.41, 5.74) is 5.23. The lowest BCUT2D eigenvalue weighted by Crippen LogP contribution is -1.97. The van der Waals surface area contributed by atoms with Crippen molar-refractivity contribution in [3.8, 4) is 17.1 Å². The molecular formula is C18H14N4O2. The second-order valence-corrected chi connectivity index (χ2v) is 5.64. The number of carbonyl (C=O) groups is 1. The average Bonchev–Trinajstić information content (AvgIpc) is 3.21. The van der Waals surface area contributed by atoms with E-state index in [1.54, 1.807) is 0 Å². The number of aryl methyl sites for hydroxylation is 1. The maximum absolute atomic E-state index is 11.0. The van der Waals surface area contributed by atoms with Gasteiger partial charge in [-0.2, -0.15) is 5.10 Å². The number of nitrogens with zero attached hydrogens (tertiary/aromatic N) is 3. The van der Waals surface area contributed by atoms with Gasteiger partial charge in [-0.15, -0.1) is 0 Å². The van der Waals surface area contributed by atoms with Gasteiger partial charge in [-0.1, -0.05) is 35.9 Å². The second-order valence-electron chi connectivity index (χ2n) is 5.64. The molecule has 4 rings (SSSR count). The standard InChI is InChI=1S/C18H14N4O2/c1-11-3-2-4-12(7-11)13-5-6-15-16(8-13)21-18(20-15)22-10-14(9-19-22)17(23)24/h2-10H,1H3,(H,20,21)(H,23,24). The summed E-state index contributed by atoms with van der Waals surface area (Å²) in [7, 11) is 0. The average molecular weight is 318 g/mol. The second kappa shape index (κ2) is 5.34. The van der Waals surface area contributed by atoms with Gasteiger partial charge in [-0.25, -0.2) is 14.5 Å². The molecule has 0 saturated heterocycles. The quantitative estimate of drug-likeness (QED) is 0.606. The van der Waals surface area contributed by atoms with E-state index >= 15 is 0 Å². The number of aromatic amines is 1. The minimum Gasteiger partial charge on any atom is -0.478 e. The Kier molecular flexibility index (Phi) is 3.16. The molecule has 118 valence electrons. The van der Waals surface area contributed by atoms with Gasteiger partial charge in [0.2, 0.25) is 5.95 Å². The molecule has 6 nitrogen and oxygen atoms in total. The van der Waals surface area contributed by atoms with Crippen LogP contribution in [-0.2, 0) is 0 Å². The SMILES string of the molecule is Cc1cccc(-c2ccc3nc(-n4cc(C(=O)O)cn4)[nH]c3c2)c1. The molecule has 0 aliphatic carbocycles. The number of H-pyrrole nitrogens is 1. The molecule has 0 saturated carbocycles. The highest BCUT2D eigenvalue weighted by molar-refractivity contribution is 5.87. The van der Waals surface area contributed by atoms with E-state index in [-0.39, 0.29) is 5.56 Å². The van der Waals surface area contributed by atoms with Crippen molar-refractivity contribution in [3.05, 3.63) is 66.0 Å². The van der Waals surface area contributed by atoms with Crippen molar-refractivity contribution < 1.29 is 9.90 Å². The molecule has 0 spiro atoms. The Morgan fingerprint density at radius 3 is 2.75 bits per heavy atom. The fourth-order valence-electron chi connectivity index (χ4n) is 2.66. The van der Waals surface area contributed by atoms with Gasteiger partial charge >= 0.3 is 5.97 Å². The van der Waals surface area contributed by atoms with Crippen molar-refractivity contribution >= 4 is 17.0 Å². The van der Waals surface area contributed by atoms with Crippen LogP contribution in [0.15, 0.2) is 54.9 Å². The monoisotopic (exact) mass is 318 g/mol. The molecule has 0 radical (unpaired) electrons. The smallest absolute Gasteiger partial charge is 0.338 e. The number of hydrogen-bond donors (Lipinski definition) is 2. The number of nitrogens with one attached hydrogen (secondary N) is 1. The lowest BCUT2D eigenvalue weighted by atomic mass is 10.0.